The van der Waals surface area contributed by atoms with Crippen molar-refractivity contribution in [2.24, 2.45) is 0 Å². The molecule has 1 saturated heterocycles. The van der Waals surface area contributed by atoms with E-state index in [1.807, 2.05) is 18.7 Å². The van der Waals surface area contributed by atoms with E-state index in [4.69, 9.17) is 0 Å². The van der Waals surface area contributed by atoms with Crippen LogP contribution in [0.1, 0.15) is 26.7 Å². The fourth-order valence-electron chi connectivity index (χ4n) is 2.33. The van der Waals surface area contributed by atoms with Gasteiger partial charge in [-0.3, -0.25) is 4.79 Å². The van der Waals surface area contributed by atoms with E-state index in [0.29, 0.717) is 5.95 Å². The molecule has 1 aromatic heterocycles. The molecular weight excluding hydrogens is 256 g/mol. The van der Waals surface area contributed by atoms with Crippen molar-refractivity contribution >= 4 is 11.9 Å². The zero-order valence-corrected chi connectivity index (χ0v) is 12.3. The van der Waals surface area contributed by atoms with Crippen LogP contribution < -0.4 is 4.90 Å². The zero-order chi connectivity index (χ0) is 14.8. The van der Waals surface area contributed by atoms with Crippen molar-refractivity contribution in [1.29, 1.82) is 0 Å². The topological polar surface area (TPSA) is 69.6 Å². The third kappa shape index (κ3) is 2.75. The lowest BCUT2D eigenvalue weighted by atomic mass is 10.0. The van der Waals surface area contributed by atoms with Crippen LogP contribution in [-0.4, -0.2) is 57.7 Å². The monoisotopic (exact) mass is 278 g/mol. The molecule has 1 fully saturated rings. The minimum absolute atomic E-state index is 0.00834. The quantitative estimate of drug-likeness (QED) is 0.877. The van der Waals surface area contributed by atoms with Gasteiger partial charge < -0.3 is 14.9 Å². The number of aliphatic hydroxyl groups is 1. The smallest absolute Gasteiger partial charge is 0.245 e. The van der Waals surface area contributed by atoms with E-state index >= 15 is 0 Å². The first kappa shape index (κ1) is 14.7. The Bertz CT molecular complexity index is 464. The van der Waals surface area contributed by atoms with Crippen LogP contribution in [0.5, 0.6) is 0 Å². The van der Waals surface area contributed by atoms with E-state index in [0.717, 1.165) is 19.4 Å². The first-order valence-corrected chi connectivity index (χ1v) is 6.89. The lowest BCUT2D eigenvalue weighted by molar-refractivity contribution is -0.137. The van der Waals surface area contributed by atoms with Gasteiger partial charge in [-0.25, -0.2) is 9.97 Å². The molecule has 1 aliphatic heterocycles. The molecule has 1 aromatic rings. The van der Waals surface area contributed by atoms with Crippen molar-refractivity contribution in [3.05, 3.63) is 18.5 Å². The van der Waals surface area contributed by atoms with Gasteiger partial charge in [0.05, 0.1) is 12.1 Å². The van der Waals surface area contributed by atoms with Crippen molar-refractivity contribution in [3.63, 3.8) is 0 Å². The van der Waals surface area contributed by atoms with Gasteiger partial charge >= 0.3 is 0 Å². The third-order valence-corrected chi connectivity index (χ3v) is 3.97. The molecule has 2 rings (SSSR count). The van der Waals surface area contributed by atoms with Crippen LogP contribution in [0.4, 0.5) is 5.95 Å². The van der Waals surface area contributed by atoms with Gasteiger partial charge in [0.25, 0.3) is 0 Å². The average molecular weight is 278 g/mol. The maximum absolute atomic E-state index is 12.7. The molecule has 1 aliphatic rings. The second-order valence-corrected chi connectivity index (χ2v) is 5.77. The Labute approximate surface area is 119 Å². The lowest BCUT2D eigenvalue weighted by Crippen LogP contribution is -2.54. The van der Waals surface area contributed by atoms with E-state index in [2.05, 4.69) is 9.97 Å². The maximum Gasteiger partial charge on any atom is 0.245 e. The molecular formula is C14H22N4O2. The summed E-state index contributed by atoms with van der Waals surface area (Å²) in [5.41, 5.74) is -0.567. The Balaban J connectivity index is 2.17. The van der Waals surface area contributed by atoms with Gasteiger partial charge in [-0.2, -0.15) is 0 Å². The highest BCUT2D eigenvalue weighted by molar-refractivity contribution is 5.85. The molecule has 2 heterocycles. The van der Waals surface area contributed by atoms with Crippen LogP contribution in [0, 0.1) is 0 Å². The molecule has 0 bridgehead atoms. The SMILES string of the molecule is CN(C(=O)C1CCCN1c1ncccn1)C(C)(C)CO. The largest absolute Gasteiger partial charge is 0.394 e. The Morgan fingerprint density at radius 3 is 2.75 bits per heavy atom. The van der Waals surface area contributed by atoms with Gasteiger partial charge in [-0.1, -0.05) is 0 Å². The van der Waals surface area contributed by atoms with E-state index < -0.39 is 5.54 Å². The van der Waals surface area contributed by atoms with Gasteiger partial charge in [-0.15, -0.1) is 0 Å². The van der Waals surface area contributed by atoms with E-state index in [9.17, 15) is 9.90 Å². The summed E-state index contributed by atoms with van der Waals surface area (Å²) in [6, 6.07) is 1.52. The summed E-state index contributed by atoms with van der Waals surface area (Å²) in [5.74, 6) is 0.604. The van der Waals surface area contributed by atoms with Crippen LogP contribution in [-0.2, 0) is 4.79 Å². The number of carbonyl (C=O) groups is 1. The summed E-state index contributed by atoms with van der Waals surface area (Å²) in [7, 11) is 1.74. The standard InChI is InChI=1S/C14H22N4O2/c1-14(2,10-19)17(3)12(20)11-6-4-9-18(11)13-15-7-5-8-16-13/h5,7-8,11,19H,4,6,9-10H2,1-3H3. The molecule has 1 unspecified atom stereocenters. The molecule has 6 heteroatoms. The second kappa shape index (κ2) is 5.75. The molecule has 110 valence electrons. The van der Waals surface area contributed by atoms with Gasteiger partial charge in [-0.05, 0) is 32.8 Å². The van der Waals surface area contributed by atoms with Gasteiger partial charge in [0.2, 0.25) is 11.9 Å². The number of rotatable bonds is 4. The minimum Gasteiger partial charge on any atom is -0.394 e. The summed E-state index contributed by atoms with van der Waals surface area (Å²) in [6.45, 7) is 4.42. The number of aliphatic hydroxyl groups excluding tert-OH is 1. The Kier molecular flexibility index (Phi) is 4.23. The maximum atomic E-state index is 12.7. The molecule has 0 saturated carbocycles. The number of likely N-dealkylation sites (N-methyl/N-ethyl adjacent to an activating group) is 1. The molecule has 6 nitrogen and oxygen atoms in total. The Morgan fingerprint density at radius 1 is 1.50 bits per heavy atom. The molecule has 1 N–H and O–H groups in total. The number of nitrogens with zero attached hydrogens (tertiary/aromatic N) is 4. The molecule has 1 amide bonds. The average Bonchev–Trinajstić information content (AvgIpc) is 2.96. The molecule has 0 radical (unpaired) electrons. The first-order chi connectivity index (χ1) is 9.47. The molecule has 0 aliphatic carbocycles. The van der Waals surface area contributed by atoms with Crippen molar-refractivity contribution < 1.29 is 9.90 Å². The number of amides is 1. The molecule has 20 heavy (non-hydrogen) atoms. The summed E-state index contributed by atoms with van der Waals surface area (Å²) in [5, 5.41) is 9.41. The number of carbonyl (C=O) groups excluding carboxylic acids is 1. The number of anilines is 1. The summed E-state index contributed by atoms with van der Waals surface area (Å²) < 4.78 is 0. The lowest BCUT2D eigenvalue weighted by Gasteiger charge is -2.37. The van der Waals surface area contributed by atoms with E-state index in [1.165, 1.54) is 0 Å². The van der Waals surface area contributed by atoms with Crippen LogP contribution in [0.2, 0.25) is 0 Å². The van der Waals surface area contributed by atoms with Crippen LogP contribution >= 0.6 is 0 Å². The fourth-order valence-corrected chi connectivity index (χ4v) is 2.33. The van der Waals surface area contributed by atoms with E-state index in [1.54, 1.807) is 30.4 Å². The second-order valence-electron chi connectivity index (χ2n) is 5.77. The van der Waals surface area contributed by atoms with Crippen molar-refractivity contribution in [3.8, 4) is 0 Å². The zero-order valence-electron chi connectivity index (χ0n) is 12.3. The van der Waals surface area contributed by atoms with Crippen molar-refractivity contribution in [1.82, 2.24) is 14.9 Å². The highest BCUT2D eigenvalue weighted by Crippen LogP contribution is 2.25. The van der Waals surface area contributed by atoms with Gasteiger partial charge in [0.15, 0.2) is 0 Å². The number of hydrogen-bond donors (Lipinski definition) is 1. The van der Waals surface area contributed by atoms with Crippen LogP contribution in [0.3, 0.4) is 0 Å². The van der Waals surface area contributed by atoms with Crippen LogP contribution in [0.15, 0.2) is 18.5 Å². The summed E-state index contributed by atoms with van der Waals surface area (Å²) in [6.07, 6.45) is 5.11. The van der Waals surface area contributed by atoms with Crippen molar-refractivity contribution in [2.45, 2.75) is 38.3 Å². The highest BCUT2D eigenvalue weighted by atomic mass is 16.3. The number of hydrogen-bond acceptors (Lipinski definition) is 5. The predicted molar refractivity (Wildman–Crippen MR) is 76.3 cm³/mol. The van der Waals surface area contributed by atoms with E-state index in [-0.39, 0.29) is 18.6 Å². The van der Waals surface area contributed by atoms with Crippen molar-refractivity contribution in [2.75, 3.05) is 25.1 Å². The molecule has 0 aromatic carbocycles. The number of aromatic nitrogens is 2. The molecule has 1 atom stereocenters. The first-order valence-electron chi connectivity index (χ1n) is 6.89. The van der Waals surface area contributed by atoms with Crippen LogP contribution in [0.25, 0.3) is 0 Å². The highest BCUT2D eigenvalue weighted by Gasteiger charge is 2.38. The predicted octanol–water partition coefficient (Wildman–Crippen LogP) is 0.675. The Morgan fingerprint density at radius 2 is 2.15 bits per heavy atom. The minimum atomic E-state index is -0.567. The fraction of sp³-hybridized carbons (Fsp3) is 0.643. The molecule has 0 spiro atoms. The summed E-state index contributed by atoms with van der Waals surface area (Å²) in [4.78, 5) is 24.7. The van der Waals surface area contributed by atoms with Gasteiger partial charge in [0, 0.05) is 26.0 Å². The normalized spacial score (nSPS) is 19.2. The summed E-state index contributed by atoms with van der Waals surface area (Å²) >= 11 is 0. The van der Waals surface area contributed by atoms with Gasteiger partial charge in [0.1, 0.15) is 6.04 Å². The third-order valence-electron chi connectivity index (χ3n) is 3.97. The Hall–Kier alpha value is -1.69.